The van der Waals surface area contributed by atoms with Gasteiger partial charge in [0.05, 0.1) is 12.2 Å². The third-order valence-electron chi connectivity index (χ3n) is 4.84. The SMILES string of the molecule is CN=C(NCc1nc(C)c(C)s1)N1CCCC2(CNC(=O)C2)C1. The molecule has 7 heteroatoms. The molecule has 2 N–H and O–H groups in total. The maximum Gasteiger partial charge on any atom is 0.220 e. The van der Waals surface area contributed by atoms with Crippen LogP contribution in [0, 0.1) is 19.3 Å². The van der Waals surface area contributed by atoms with Crippen molar-refractivity contribution in [1.29, 1.82) is 0 Å². The van der Waals surface area contributed by atoms with E-state index in [9.17, 15) is 4.79 Å². The van der Waals surface area contributed by atoms with Crippen molar-refractivity contribution in [3.63, 3.8) is 0 Å². The maximum atomic E-state index is 11.6. The van der Waals surface area contributed by atoms with Crippen molar-refractivity contribution < 1.29 is 4.79 Å². The second kappa shape index (κ2) is 6.47. The molecule has 1 aromatic rings. The molecule has 1 spiro atoms. The fraction of sp³-hybridized carbons (Fsp3) is 0.688. The number of hydrogen-bond acceptors (Lipinski definition) is 4. The Bertz CT molecular complexity index is 606. The van der Waals surface area contributed by atoms with Gasteiger partial charge in [0.2, 0.25) is 5.91 Å². The lowest BCUT2D eigenvalue weighted by Crippen LogP contribution is -2.51. The Morgan fingerprint density at radius 3 is 2.96 bits per heavy atom. The molecule has 3 rings (SSSR count). The summed E-state index contributed by atoms with van der Waals surface area (Å²) >= 11 is 1.73. The lowest BCUT2D eigenvalue weighted by molar-refractivity contribution is -0.119. The van der Waals surface area contributed by atoms with Crippen molar-refractivity contribution in [1.82, 2.24) is 20.5 Å². The zero-order valence-electron chi connectivity index (χ0n) is 14.1. The molecule has 23 heavy (non-hydrogen) atoms. The quantitative estimate of drug-likeness (QED) is 0.634. The summed E-state index contributed by atoms with van der Waals surface area (Å²) in [5.74, 6) is 1.09. The van der Waals surface area contributed by atoms with Gasteiger partial charge in [0.25, 0.3) is 0 Å². The Balaban J connectivity index is 1.63. The summed E-state index contributed by atoms with van der Waals surface area (Å²) in [7, 11) is 1.82. The second-order valence-corrected chi connectivity index (χ2v) is 7.92. The standard InChI is InChI=1S/C16H25N5OS/c1-11-12(2)23-14(20-11)8-18-15(17-3)21-6-4-5-16(10-21)7-13(22)19-9-16/h4-10H2,1-3H3,(H,17,18)(H,19,22). The highest BCUT2D eigenvalue weighted by Gasteiger charge is 2.42. The van der Waals surface area contributed by atoms with Crippen LogP contribution < -0.4 is 10.6 Å². The number of amides is 1. The van der Waals surface area contributed by atoms with Gasteiger partial charge in [0.1, 0.15) is 5.01 Å². The molecule has 3 heterocycles. The second-order valence-electron chi connectivity index (χ2n) is 6.63. The highest BCUT2D eigenvalue weighted by atomic mass is 32.1. The van der Waals surface area contributed by atoms with Crippen molar-refractivity contribution in [3.8, 4) is 0 Å². The lowest BCUT2D eigenvalue weighted by Gasteiger charge is -2.40. The van der Waals surface area contributed by atoms with Crippen molar-refractivity contribution in [2.45, 2.75) is 39.7 Å². The van der Waals surface area contributed by atoms with Gasteiger partial charge in [-0.25, -0.2) is 4.98 Å². The van der Waals surface area contributed by atoms with E-state index >= 15 is 0 Å². The Morgan fingerprint density at radius 1 is 1.52 bits per heavy atom. The Hall–Kier alpha value is -1.63. The van der Waals surface area contributed by atoms with Crippen molar-refractivity contribution >= 4 is 23.2 Å². The lowest BCUT2D eigenvalue weighted by atomic mass is 9.79. The molecule has 2 fully saturated rings. The van der Waals surface area contributed by atoms with Crippen molar-refractivity contribution in [2.24, 2.45) is 10.4 Å². The molecule has 0 aromatic carbocycles. The molecule has 0 bridgehead atoms. The Labute approximate surface area is 141 Å². The van der Waals surface area contributed by atoms with Crippen LogP contribution in [0.5, 0.6) is 0 Å². The molecule has 126 valence electrons. The van der Waals surface area contributed by atoms with Gasteiger partial charge in [0, 0.05) is 43.4 Å². The first-order valence-corrected chi connectivity index (χ1v) is 8.98. The summed E-state index contributed by atoms with van der Waals surface area (Å²) in [5, 5.41) is 7.51. The largest absolute Gasteiger partial charge is 0.355 e. The van der Waals surface area contributed by atoms with Gasteiger partial charge < -0.3 is 15.5 Å². The van der Waals surface area contributed by atoms with Gasteiger partial charge >= 0.3 is 0 Å². The first kappa shape index (κ1) is 16.2. The first-order valence-electron chi connectivity index (χ1n) is 8.16. The molecule has 2 aliphatic heterocycles. The normalized spacial score (nSPS) is 25.1. The summed E-state index contributed by atoms with van der Waals surface area (Å²) in [6.07, 6.45) is 2.86. The molecule has 1 unspecified atom stereocenters. The number of carbonyl (C=O) groups excluding carboxylic acids is 1. The maximum absolute atomic E-state index is 11.6. The third-order valence-corrected chi connectivity index (χ3v) is 5.91. The van der Waals surface area contributed by atoms with Crippen LogP contribution in [-0.4, -0.2) is 48.4 Å². The van der Waals surface area contributed by atoms with Gasteiger partial charge in [0.15, 0.2) is 5.96 Å². The predicted octanol–water partition coefficient (Wildman–Crippen LogP) is 1.44. The van der Waals surface area contributed by atoms with E-state index in [1.807, 2.05) is 14.0 Å². The van der Waals surface area contributed by atoms with E-state index < -0.39 is 0 Å². The number of aryl methyl sites for hydroxylation is 2. The van der Waals surface area contributed by atoms with Crippen LogP contribution in [-0.2, 0) is 11.3 Å². The average Bonchev–Trinajstić information content (AvgIpc) is 3.03. The van der Waals surface area contributed by atoms with Gasteiger partial charge in [-0.1, -0.05) is 0 Å². The van der Waals surface area contributed by atoms with E-state index in [4.69, 9.17) is 0 Å². The van der Waals surface area contributed by atoms with Crippen LogP contribution in [0.4, 0.5) is 0 Å². The van der Waals surface area contributed by atoms with Crippen LogP contribution in [0.2, 0.25) is 0 Å². The molecule has 0 aliphatic carbocycles. The van der Waals surface area contributed by atoms with E-state index in [1.165, 1.54) is 4.88 Å². The average molecular weight is 335 g/mol. The molecule has 2 saturated heterocycles. The number of guanidine groups is 1. The number of thiazole rings is 1. The van der Waals surface area contributed by atoms with Crippen molar-refractivity contribution in [2.75, 3.05) is 26.7 Å². The number of piperidine rings is 1. The monoisotopic (exact) mass is 335 g/mol. The van der Waals surface area contributed by atoms with Gasteiger partial charge in [-0.2, -0.15) is 0 Å². The summed E-state index contributed by atoms with van der Waals surface area (Å²) in [6.45, 7) is 7.52. The van der Waals surface area contributed by atoms with Crippen molar-refractivity contribution in [3.05, 3.63) is 15.6 Å². The summed E-state index contributed by atoms with van der Waals surface area (Å²) in [6, 6.07) is 0. The third kappa shape index (κ3) is 3.49. The zero-order chi connectivity index (χ0) is 16.4. The van der Waals surface area contributed by atoms with E-state index in [2.05, 4.69) is 32.4 Å². The molecule has 1 aromatic heterocycles. The predicted molar refractivity (Wildman–Crippen MR) is 92.7 cm³/mol. The summed E-state index contributed by atoms with van der Waals surface area (Å²) in [5.41, 5.74) is 1.19. The van der Waals surface area contributed by atoms with Crippen LogP contribution in [0.1, 0.15) is 34.8 Å². The minimum atomic E-state index is 0.0846. The molecular weight excluding hydrogens is 310 g/mol. The Morgan fingerprint density at radius 2 is 2.35 bits per heavy atom. The molecule has 1 atom stereocenters. The van der Waals surface area contributed by atoms with E-state index in [0.29, 0.717) is 13.0 Å². The summed E-state index contributed by atoms with van der Waals surface area (Å²) in [4.78, 5) is 24.2. The highest BCUT2D eigenvalue weighted by Crippen LogP contribution is 2.36. The molecule has 0 radical (unpaired) electrons. The molecule has 1 amide bonds. The number of nitrogens with zero attached hydrogens (tertiary/aromatic N) is 3. The minimum absolute atomic E-state index is 0.0846. The Kier molecular flexibility index (Phi) is 4.57. The van der Waals surface area contributed by atoms with E-state index in [0.717, 1.165) is 49.1 Å². The summed E-state index contributed by atoms with van der Waals surface area (Å²) < 4.78 is 0. The molecular formula is C16H25N5OS. The number of hydrogen-bond donors (Lipinski definition) is 2. The zero-order valence-corrected chi connectivity index (χ0v) is 14.9. The highest BCUT2D eigenvalue weighted by molar-refractivity contribution is 7.11. The van der Waals surface area contributed by atoms with E-state index in [-0.39, 0.29) is 11.3 Å². The number of likely N-dealkylation sites (tertiary alicyclic amines) is 1. The fourth-order valence-corrected chi connectivity index (χ4v) is 4.40. The van der Waals surface area contributed by atoms with E-state index in [1.54, 1.807) is 11.3 Å². The topological polar surface area (TPSA) is 69.6 Å². The number of rotatable bonds is 2. The molecule has 6 nitrogen and oxygen atoms in total. The fourth-order valence-electron chi connectivity index (χ4n) is 3.53. The molecule has 2 aliphatic rings. The smallest absolute Gasteiger partial charge is 0.220 e. The number of carbonyl (C=O) groups is 1. The van der Waals surface area contributed by atoms with Crippen LogP contribution in [0.15, 0.2) is 4.99 Å². The van der Waals surface area contributed by atoms with Gasteiger partial charge in [-0.3, -0.25) is 9.79 Å². The minimum Gasteiger partial charge on any atom is -0.355 e. The number of aromatic nitrogens is 1. The first-order chi connectivity index (χ1) is 11.0. The number of nitrogens with one attached hydrogen (secondary N) is 2. The van der Waals surface area contributed by atoms with Gasteiger partial charge in [-0.15, -0.1) is 11.3 Å². The van der Waals surface area contributed by atoms with Crippen LogP contribution in [0.3, 0.4) is 0 Å². The molecule has 0 saturated carbocycles. The van der Waals surface area contributed by atoms with Gasteiger partial charge in [-0.05, 0) is 26.7 Å². The number of aliphatic imine (C=N–C) groups is 1. The van der Waals surface area contributed by atoms with Crippen LogP contribution in [0.25, 0.3) is 0 Å². The van der Waals surface area contributed by atoms with Crippen LogP contribution >= 0.6 is 11.3 Å².